The number of methoxy groups -OCH3 is 1. The molecule has 8 nitrogen and oxygen atoms in total. The van der Waals surface area contributed by atoms with Crippen molar-refractivity contribution >= 4 is 23.0 Å². The maximum absolute atomic E-state index is 11.7. The van der Waals surface area contributed by atoms with Gasteiger partial charge in [0.2, 0.25) is 0 Å². The van der Waals surface area contributed by atoms with E-state index in [1.807, 2.05) is 30.3 Å². The van der Waals surface area contributed by atoms with Crippen molar-refractivity contribution < 1.29 is 18.7 Å². The zero-order chi connectivity index (χ0) is 20.9. The molecule has 0 aliphatic heterocycles. The summed E-state index contributed by atoms with van der Waals surface area (Å²) < 4.78 is 17.0. The molecule has 0 bridgehead atoms. The molecule has 4 rings (SSSR count). The van der Waals surface area contributed by atoms with E-state index in [-0.39, 0.29) is 11.6 Å². The standard InChI is InChI=1S/C22H20N4O4/c1-23-21(27)18-11-16(9-10-24-18)29-15-7-8-17-20(12-15)30-22(26-17)25-13-14-5-3-4-6-19(14)28-2/h3-12H,13H2,1-2H3,(H,23,27)(H,25,26). The molecule has 0 unspecified atom stereocenters. The van der Waals surface area contributed by atoms with Crippen molar-refractivity contribution in [2.24, 2.45) is 0 Å². The molecule has 0 fully saturated rings. The van der Waals surface area contributed by atoms with E-state index < -0.39 is 0 Å². The first kappa shape index (κ1) is 19.3. The van der Waals surface area contributed by atoms with Crippen LogP contribution in [0.15, 0.2) is 65.2 Å². The summed E-state index contributed by atoms with van der Waals surface area (Å²) >= 11 is 0. The highest BCUT2D eigenvalue weighted by atomic mass is 16.5. The fourth-order valence-corrected chi connectivity index (χ4v) is 2.93. The van der Waals surface area contributed by atoms with Gasteiger partial charge in [-0.1, -0.05) is 18.2 Å². The fraction of sp³-hybridized carbons (Fsp3) is 0.136. The van der Waals surface area contributed by atoms with Crippen molar-refractivity contribution in [1.29, 1.82) is 0 Å². The van der Waals surface area contributed by atoms with E-state index >= 15 is 0 Å². The maximum Gasteiger partial charge on any atom is 0.295 e. The van der Waals surface area contributed by atoms with E-state index in [9.17, 15) is 4.79 Å². The van der Waals surface area contributed by atoms with Gasteiger partial charge >= 0.3 is 0 Å². The molecular weight excluding hydrogens is 384 g/mol. The molecular formula is C22H20N4O4. The molecule has 0 aliphatic carbocycles. The smallest absolute Gasteiger partial charge is 0.295 e. The monoisotopic (exact) mass is 404 g/mol. The minimum atomic E-state index is -0.281. The van der Waals surface area contributed by atoms with Crippen LogP contribution in [0.5, 0.6) is 17.2 Å². The second-order valence-electron chi connectivity index (χ2n) is 6.37. The predicted octanol–water partition coefficient (Wildman–Crippen LogP) is 4.00. The number of carbonyl (C=O) groups is 1. The Labute approximate surface area is 172 Å². The maximum atomic E-state index is 11.7. The van der Waals surface area contributed by atoms with Crippen molar-refractivity contribution in [3.63, 3.8) is 0 Å². The number of anilines is 1. The van der Waals surface area contributed by atoms with Gasteiger partial charge in [-0.2, -0.15) is 4.98 Å². The van der Waals surface area contributed by atoms with Gasteiger partial charge in [0.1, 0.15) is 28.5 Å². The highest BCUT2D eigenvalue weighted by Gasteiger charge is 2.10. The van der Waals surface area contributed by atoms with Crippen LogP contribution >= 0.6 is 0 Å². The third-order valence-electron chi connectivity index (χ3n) is 4.41. The van der Waals surface area contributed by atoms with Gasteiger partial charge < -0.3 is 24.5 Å². The largest absolute Gasteiger partial charge is 0.496 e. The van der Waals surface area contributed by atoms with Crippen LogP contribution in [-0.4, -0.2) is 30.0 Å². The number of rotatable bonds is 7. The van der Waals surface area contributed by atoms with Crippen LogP contribution in [-0.2, 0) is 6.54 Å². The van der Waals surface area contributed by atoms with Crippen LogP contribution in [0.1, 0.15) is 16.1 Å². The van der Waals surface area contributed by atoms with E-state index in [2.05, 4.69) is 20.6 Å². The van der Waals surface area contributed by atoms with Crippen LogP contribution in [0.2, 0.25) is 0 Å². The zero-order valence-corrected chi connectivity index (χ0v) is 16.5. The van der Waals surface area contributed by atoms with E-state index in [1.54, 1.807) is 38.4 Å². The third-order valence-corrected chi connectivity index (χ3v) is 4.41. The molecule has 0 saturated heterocycles. The first-order valence-electron chi connectivity index (χ1n) is 9.28. The Balaban J connectivity index is 1.49. The molecule has 2 aromatic carbocycles. The lowest BCUT2D eigenvalue weighted by atomic mass is 10.2. The topological polar surface area (TPSA) is 98.5 Å². The number of hydrogen-bond donors (Lipinski definition) is 2. The molecule has 1 amide bonds. The lowest BCUT2D eigenvalue weighted by Gasteiger charge is -2.07. The first-order valence-corrected chi connectivity index (χ1v) is 9.28. The van der Waals surface area contributed by atoms with E-state index in [0.717, 1.165) is 11.3 Å². The second kappa shape index (κ2) is 8.52. The van der Waals surface area contributed by atoms with E-state index in [1.165, 1.54) is 6.20 Å². The van der Waals surface area contributed by atoms with Crippen molar-refractivity contribution in [1.82, 2.24) is 15.3 Å². The van der Waals surface area contributed by atoms with Gasteiger partial charge in [0.25, 0.3) is 11.9 Å². The lowest BCUT2D eigenvalue weighted by Crippen LogP contribution is -2.18. The zero-order valence-electron chi connectivity index (χ0n) is 16.5. The molecule has 8 heteroatoms. The quantitative estimate of drug-likeness (QED) is 0.480. The van der Waals surface area contributed by atoms with Gasteiger partial charge in [0.05, 0.1) is 7.11 Å². The molecule has 30 heavy (non-hydrogen) atoms. The number of amides is 1. The number of fused-ring (bicyclic) bond motifs is 1. The Bertz CT molecular complexity index is 1190. The summed E-state index contributed by atoms with van der Waals surface area (Å²) in [5.74, 6) is 1.57. The van der Waals surface area contributed by atoms with Crippen molar-refractivity contribution in [3.05, 3.63) is 72.1 Å². The van der Waals surface area contributed by atoms with Gasteiger partial charge in [0, 0.05) is 37.5 Å². The predicted molar refractivity (Wildman–Crippen MR) is 112 cm³/mol. The SMILES string of the molecule is CNC(=O)c1cc(Oc2ccc3nc(NCc4ccccc4OC)oc3c2)ccn1. The lowest BCUT2D eigenvalue weighted by molar-refractivity contribution is 0.0958. The molecule has 2 N–H and O–H groups in total. The van der Waals surface area contributed by atoms with E-state index in [4.69, 9.17) is 13.9 Å². The first-order chi connectivity index (χ1) is 14.7. The summed E-state index contributed by atoms with van der Waals surface area (Å²) in [6.45, 7) is 0.513. The summed E-state index contributed by atoms with van der Waals surface area (Å²) in [7, 11) is 3.19. The van der Waals surface area contributed by atoms with Crippen LogP contribution in [0.25, 0.3) is 11.1 Å². The highest BCUT2D eigenvalue weighted by Crippen LogP contribution is 2.28. The molecule has 4 aromatic rings. The normalized spacial score (nSPS) is 10.6. The molecule has 152 valence electrons. The Morgan fingerprint density at radius 2 is 1.93 bits per heavy atom. The molecule has 2 aromatic heterocycles. The molecule has 0 spiro atoms. The van der Waals surface area contributed by atoms with Crippen LogP contribution in [0.3, 0.4) is 0 Å². The molecule has 0 radical (unpaired) electrons. The molecule has 0 saturated carbocycles. The Hall–Kier alpha value is -4.07. The minimum Gasteiger partial charge on any atom is -0.496 e. The van der Waals surface area contributed by atoms with Gasteiger partial charge in [-0.05, 0) is 24.3 Å². The Morgan fingerprint density at radius 3 is 2.77 bits per heavy atom. The summed E-state index contributed by atoms with van der Waals surface area (Å²) in [5, 5.41) is 5.70. The van der Waals surface area contributed by atoms with Crippen molar-refractivity contribution in [2.45, 2.75) is 6.54 Å². The van der Waals surface area contributed by atoms with Gasteiger partial charge in [-0.3, -0.25) is 9.78 Å². The van der Waals surface area contributed by atoms with Gasteiger partial charge in [-0.25, -0.2) is 0 Å². The molecule has 0 atom stereocenters. The Morgan fingerprint density at radius 1 is 1.10 bits per heavy atom. The molecule has 2 heterocycles. The number of para-hydroxylation sites is 1. The third kappa shape index (κ3) is 4.17. The fourth-order valence-electron chi connectivity index (χ4n) is 2.93. The summed E-state index contributed by atoms with van der Waals surface area (Å²) in [6.07, 6.45) is 1.52. The number of nitrogens with zero attached hydrogens (tertiary/aromatic N) is 2. The number of ether oxygens (including phenoxy) is 2. The summed E-state index contributed by atoms with van der Waals surface area (Å²) in [4.78, 5) is 20.2. The van der Waals surface area contributed by atoms with Crippen LogP contribution in [0, 0.1) is 0 Å². The van der Waals surface area contributed by atoms with Crippen LogP contribution in [0.4, 0.5) is 6.01 Å². The second-order valence-corrected chi connectivity index (χ2v) is 6.37. The number of hydrogen-bond acceptors (Lipinski definition) is 7. The average molecular weight is 404 g/mol. The minimum absolute atomic E-state index is 0.276. The number of nitrogens with one attached hydrogen (secondary N) is 2. The van der Waals surface area contributed by atoms with Gasteiger partial charge in [0.15, 0.2) is 5.58 Å². The van der Waals surface area contributed by atoms with Gasteiger partial charge in [-0.15, -0.1) is 0 Å². The number of benzene rings is 2. The highest BCUT2D eigenvalue weighted by molar-refractivity contribution is 5.92. The molecule has 0 aliphatic rings. The summed E-state index contributed by atoms with van der Waals surface area (Å²) in [6, 6.07) is 16.7. The number of carbonyl (C=O) groups excluding carboxylic acids is 1. The average Bonchev–Trinajstić information content (AvgIpc) is 3.19. The summed E-state index contributed by atoms with van der Waals surface area (Å²) in [5.41, 5.74) is 2.55. The van der Waals surface area contributed by atoms with E-state index in [0.29, 0.717) is 35.2 Å². The Kier molecular flexibility index (Phi) is 5.47. The number of aromatic nitrogens is 2. The van der Waals surface area contributed by atoms with Crippen molar-refractivity contribution in [3.8, 4) is 17.2 Å². The number of pyridine rings is 1. The number of oxazole rings is 1. The van der Waals surface area contributed by atoms with Crippen molar-refractivity contribution in [2.75, 3.05) is 19.5 Å². The van der Waals surface area contributed by atoms with Crippen LogP contribution < -0.4 is 20.1 Å².